The lowest BCUT2D eigenvalue weighted by Crippen LogP contribution is -2.36. The molecule has 1 aliphatic rings. The number of carbonyl (C=O) groups is 2. The van der Waals surface area contributed by atoms with Crippen LogP contribution in [-0.2, 0) is 33.8 Å². The minimum atomic E-state index is -0.447. The number of methoxy groups -OCH3 is 1. The first-order valence-corrected chi connectivity index (χ1v) is 11.1. The molecule has 0 unspecified atom stereocenters. The third-order valence-corrected chi connectivity index (χ3v) is 6.23. The molecule has 0 saturated carbocycles. The van der Waals surface area contributed by atoms with E-state index in [-0.39, 0.29) is 16.9 Å². The van der Waals surface area contributed by atoms with Gasteiger partial charge in [0.2, 0.25) is 5.91 Å². The second-order valence-electron chi connectivity index (χ2n) is 7.98. The van der Waals surface area contributed by atoms with Crippen LogP contribution >= 0.6 is 11.6 Å². The van der Waals surface area contributed by atoms with Gasteiger partial charge in [0.25, 0.3) is 0 Å². The fourth-order valence-electron chi connectivity index (χ4n) is 4.27. The molecule has 2 aromatic heterocycles. The number of fused-ring (bicyclic) bond motifs is 3. The van der Waals surface area contributed by atoms with Crippen LogP contribution in [0.25, 0.3) is 11.0 Å². The van der Waals surface area contributed by atoms with E-state index in [1.807, 2.05) is 11.0 Å². The number of aromatic nitrogens is 2. The third kappa shape index (κ3) is 4.63. The lowest BCUT2D eigenvalue weighted by Gasteiger charge is -2.28. The molecular weight excluding hydrogens is 433 g/mol. The number of amides is 1. The van der Waals surface area contributed by atoms with Crippen molar-refractivity contribution in [3.05, 3.63) is 64.2 Å². The second-order valence-corrected chi connectivity index (χ2v) is 8.39. The minimum Gasteiger partial charge on any atom is -0.469 e. The molecule has 3 aromatic rings. The number of esters is 1. The Hall–Kier alpha value is -2.93. The first-order valence-electron chi connectivity index (χ1n) is 10.7. The predicted octanol–water partition coefficient (Wildman–Crippen LogP) is 4.50. The van der Waals surface area contributed by atoms with Gasteiger partial charge in [-0.2, -0.15) is 0 Å². The van der Waals surface area contributed by atoms with Crippen LogP contribution < -0.4 is 0 Å². The summed E-state index contributed by atoms with van der Waals surface area (Å²) in [6.45, 7) is 1.64. The largest absolute Gasteiger partial charge is 0.469 e. The van der Waals surface area contributed by atoms with Crippen LogP contribution in [0.5, 0.6) is 0 Å². The summed E-state index contributed by atoms with van der Waals surface area (Å²) in [5.41, 5.74) is 3.97. The average molecular weight is 458 g/mol. The van der Waals surface area contributed by atoms with Crippen molar-refractivity contribution in [2.24, 2.45) is 0 Å². The highest BCUT2D eigenvalue weighted by atomic mass is 35.5. The summed E-state index contributed by atoms with van der Waals surface area (Å²) in [5, 5.41) is 1.17. The fourth-order valence-corrected chi connectivity index (χ4v) is 4.47. The van der Waals surface area contributed by atoms with Gasteiger partial charge in [0.15, 0.2) is 0 Å². The molecule has 32 heavy (non-hydrogen) atoms. The molecule has 0 spiro atoms. The summed E-state index contributed by atoms with van der Waals surface area (Å²) in [4.78, 5) is 30.5. The maximum atomic E-state index is 13.6. The highest BCUT2D eigenvalue weighted by Gasteiger charge is 2.27. The maximum absolute atomic E-state index is 13.6. The van der Waals surface area contributed by atoms with Crippen LogP contribution in [0.15, 0.2) is 36.5 Å². The molecule has 0 aliphatic carbocycles. The summed E-state index contributed by atoms with van der Waals surface area (Å²) < 4.78 is 20.4. The summed E-state index contributed by atoms with van der Waals surface area (Å²) >= 11 is 5.99. The van der Waals surface area contributed by atoms with Gasteiger partial charge >= 0.3 is 5.97 Å². The topological polar surface area (TPSA) is 64.4 Å². The molecule has 0 fully saturated rings. The molecule has 4 rings (SSSR count). The number of nitrogens with zero attached hydrogens (tertiary/aromatic N) is 3. The van der Waals surface area contributed by atoms with E-state index < -0.39 is 5.82 Å². The number of hydrogen-bond donors (Lipinski definition) is 0. The van der Waals surface area contributed by atoms with Crippen molar-refractivity contribution in [2.45, 2.75) is 45.2 Å². The third-order valence-electron chi connectivity index (χ3n) is 5.94. The Bertz CT molecular complexity index is 1160. The molecule has 0 N–H and O–H groups in total. The van der Waals surface area contributed by atoms with Crippen LogP contribution in [-0.4, -0.2) is 40.0 Å². The van der Waals surface area contributed by atoms with Crippen LogP contribution in [0.2, 0.25) is 5.02 Å². The van der Waals surface area contributed by atoms with Crippen molar-refractivity contribution in [1.82, 2.24) is 14.5 Å². The molecule has 1 aromatic carbocycles. The van der Waals surface area contributed by atoms with Gasteiger partial charge in [-0.05, 0) is 54.7 Å². The van der Waals surface area contributed by atoms with Gasteiger partial charge < -0.3 is 14.2 Å². The Morgan fingerprint density at radius 3 is 2.81 bits per heavy atom. The number of carbonyl (C=O) groups excluding carboxylic acids is 2. The Kier molecular flexibility index (Phi) is 6.74. The molecule has 0 saturated heterocycles. The van der Waals surface area contributed by atoms with E-state index in [0.29, 0.717) is 45.3 Å². The van der Waals surface area contributed by atoms with Crippen molar-refractivity contribution >= 4 is 34.5 Å². The van der Waals surface area contributed by atoms with Crippen molar-refractivity contribution in [1.29, 1.82) is 0 Å². The van der Waals surface area contributed by atoms with Gasteiger partial charge in [-0.1, -0.05) is 17.7 Å². The number of hydrogen-bond acceptors (Lipinski definition) is 4. The maximum Gasteiger partial charge on any atom is 0.305 e. The zero-order valence-corrected chi connectivity index (χ0v) is 18.7. The molecule has 0 bridgehead atoms. The summed E-state index contributed by atoms with van der Waals surface area (Å²) in [6.07, 6.45) is 4.52. The minimum absolute atomic E-state index is 0.0788. The highest BCUT2D eigenvalue weighted by Crippen LogP contribution is 2.31. The summed E-state index contributed by atoms with van der Waals surface area (Å²) in [5.74, 6) is -0.620. The molecule has 6 nitrogen and oxygen atoms in total. The molecule has 1 amide bonds. The highest BCUT2D eigenvalue weighted by molar-refractivity contribution is 6.30. The van der Waals surface area contributed by atoms with Crippen molar-refractivity contribution in [3.63, 3.8) is 0 Å². The molecule has 0 radical (unpaired) electrons. The Labute approximate surface area is 190 Å². The number of halogens is 2. The van der Waals surface area contributed by atoms with Crippen LogP contribution in [0, 0.1) is 5.82 Å². The predicted molar refractivity (Wildman–Crippen MR) is 120 cm³/mol. The van der Waals surface area contributed by atoms with E-state index in [1.165, 1.54) is 18.7 Å². The second kappa shape index (κ2) is 9.69. The van der Waals surface area contributed by atoms with E-state index in [9.17, 15) is 14.0 Å². The summed E-state index contributed by atoms with van der Waals surface area (Å²) in [6, 6.07) is 8.69. The standard InChI is InChI=1S/C24H25ClFN3O3/c1-32-23(31)7-3-2-6-22(30)28-12-10-17-18-5-4-11-27-24(18)29(21(17)15-28)14-16-8-9-20(26)19(25)13-16/h4-5,8-9,11,13H,2-3,6-7,10,12,14-15H2,1H3. The zero-order chi connectivity index (χ0) is 22.7. The van der Waals surface area contributed by atoms with Gasteiger partial charge in [0.1, 0.15) is 11.5 Å². The lowest BCUT2D eigenvalue weighted by molar-refractivity contribution is -0.141. The van der Waals surface area contributed by atoms with Gasteiger partial charge in [-0.15, -0.1) is 0 Å². The molecule has 1 aliphatic heterocycles. The fraction of sp³-hybridized carbons (Fsp3) is 0.375. The van der Waals surface area contributed by atoms with Gasteiger partial charge in [0, 0.05) is 43.2 Å². The Morgan fingerprint density at radius 1 is 1.22 bits per heavy atom. The van der Waals surface area contributed by atoms with E-state index in [2.05, 4.69) is 20.4 Å². The number of unbranched alkanes of at least 4 members (excludes halogenated alkanes) is 1. The molecule has 3 heterocycles. The molecule has 168 valence electrons. The van der Waals surface area contributed by atoms with Crippen LogP contribution in [0.1, 0.15) is 42.5 Å². The van der Waals surface area contributed by atoms with E-state index in [0.717, 1.165) is 28.7 Å². The first-order chi connectivity index (χ1) is 15.5. The number of pyridine rings is 1. The summed E-state index contributed by atoms with van der Waals surface area (Å²) in [7, 11) is 1.37. The number of rotatable bonds is 7. The van der Waals surface area contributed by atoms with E-state index in [4.69, 9.17) is 11.6 Å². The molecular formula is C24H25ClFN3O3. The molecule has 0 atom stereocenters. The molecule has 8 heteroatoms. The van der Waals surface area contributed by atoms with Crippen molar-refractivity contribution in [3.8, 4) is 0 Å². The van der Waals surface area contributed by atoms with Crippen molar-refractivity contribution < 1.29 is 18.7 Å². The SMILES string of the molecule is COC(=O)CCCCC(=O)N1CCc2c(n(Cc3ccc(F)c(Cl)c3)c3ncccc23)C1. The average Bonchev–Trinajstić information content (AvgIpc) is 3.11. The van der Waals surface area contributed by atoms with Crippen molar-refractivity contribution in [2.75, 3.05) is 13.7 Å². The smallest absolute Gasteiger partial charge is 0.305 e. The van der Waals surface area contributed by atoms with Gasteiger partial charge in [-0.25, -0.2) is 9.37 Å². The Balaban J connectivity index is 1.55. The lowest BCUT2D eigenvalue weighted by atomic mass is 10.0. The van der Waals surface area contributed by atoms with Crippen LogP contribution in [0.3, 0.4) is 0 Å². The zero-order valence-electron chi connectivity index (χ0n) is 17.9. The number of ether oxygens (including phenoxy) is 1. The number of benzene rings is 1. The van der Waals surface area contributed by atoms with E-state index >= 15 is 0 Å². The first kappa shape index (κ1) is 22.3. The Morgan fingerprint density at radius 2 is 2.03 bits per heavy atom. The van der Waals surface area contributed by atoms with Gasteiger partial charge in [0.05, 0.1) is 18.7 Å². The van der Waals surface area contributed by atoms with Gasteiger partial charge in [-0.3, -0.25) is 9.59 Å². The quantitative estimate of drug-likeness (QED) is 0.387. The van der Waals surface area contributed by atoms with Crippen LogP contribution in [0.4, 0.5) is 4.39 Å². The monoisotopic (exact) mass is 457 g/mol. The normalized spacial score (nSPS) is 13.3. The van der Waals surface area contributed by atoms with E-state index in [1.54, 1.807) is 18.3 Å².